The van der Waals surface area contributed by atoms with E-state index >= 15 is 0 Å². The average molecular weight is 850 g/mol. The number of rotatable bonds is 10. The molecule has 0 bridgehead atoms. The molecule has 15 nitrogen and oxygen atoms in total. The van der Waals surface area contributed by atoms with Crippen molar-refractivity contribution in [2.75, 3.05) is 67.1 Å². The van der Waals surface area contributed by atoms with Gasteiger partial charge in [-0.25, -0.2) is 19.7 Å². The molecule has 3 aliphatic heterocycles. The summed E-state index contributed by atoms with van der Waals surface area (Å²) in [6, 6.07) is 21.8. The number of H-pyrrole nitrogens is 1. The number of hydrogen-bond acceptors (Lipinski definition) is 11. The third kappa shape index (κ3) is 9.01. The van der Waals surface area contributed by atoms with E-state index in [1.165, 1.54) is 5.69 Å². The Balaban J connectivity index is 0.768. The lowest BCUT2D eigenvalue weighted by Gasteiger charge is -2.39. The van der Waals surface area contributed by atoms with Crippen LogP contribution in [0.15, 0.2) is 83.8 Å². The molecular weight excluding hydrogens is 795 g/mol. The number of pyridine rings is 1. The minimum absolute atomic E-state index is 0.220. The van der Waals surface area contributed by atoms with Gasteiger partial charge in [-0.3, -0.25) is 24.7 Å². The van der Waals surface area contributed by atoms with Crippen molar-refractivity contribution in [1.82, 2.24) is 40.6 Å². The van der Waals surface area contributed by atoms with Crippen LogP contribution in [-0.2, 0) is 10.2 Å². The van der Waals surface area contributed by atoms with Crippen molar-refractivity contribution in [3.63, 3.8) is 0 Å². The Bertz CT molecular complexity index is 2620. The van der Waals surface area contributed by atoms with E-state index in [1.807, 2.05) is 65.1 Å². The molecular formula is C48H55N11O4. The molecule has 3 saturated heterocycles. The molecule has 7 heterocycles. The average Bonchev–Trinajstić information content (AvgIpc) is 3.97. The summed E-state index contributed by atoms with van der Waals surface area (Å²) in [5.74, 6) is 1.82. The number of aryl methyl sites for hydroxylation is 1. The number of piperidine rings is 1. The van der Waals surface area contributed by atoms with Crippen LogP contribution >= 0.6 is 0 Å². The summed E-state index contributed by atoms with van der Waals surface area (Å²) in [5, 5.41) is 10.4. The van der Waals surface area contributed by atoms with Crippen molar-refractivity contribution < 1.29 is 18.9 Å². The maximum absolute atomic E-state index is 13.0. The Kier molecular flexibility index (Phi) is 11.4. The van der Waals surface area contributed by atoms with E-state index in [0.29, 0.717) is 24.6 Å². The van der Waals surface area contributed by atoms with Crippen LogP contribution in [0.5, 0.6) is 0 Å². The summed E-state index contributed by atoms with van der Waals surface area (Å²) < 4.78 is 5.43. The Morgan fingerprint density at radius 2 is 1.60 bits per heavy atom. The summed E-state index contributed by atoms with van der Waals surface area (Å²) in [7, 11) is 0. The molecule has 15 heteroatoms. The van der Waals surface area contributed by atoms with Crippen LogP contribution in [-0.4, -0.2) is 100 Å². The standard InChI is InChI=1S/C48H55N11O4/c1-30-24-33(6-12-37(30)31(2)52-46(61)40-26-41(63-55-40)48(3,4)5)44-38-25-39(53-45(38)51-29-50-44)34-7-13-42(49-27-34)58-22-20-56(21-23-58)28-32-14-17-57(18-15-32)35-8-10-36(11-9-35)59-19-16-43(60)54-47(59)62/h6-13,24-27,29,31-32H,14-23,28H2,1-5H3,(H,52,61)(H,50,51,53)(H,54,60,62). The lowest BCUT2D eigenvalue weighted by molar-refractivity contribution is -0.120. The highest BCUT2D eigenvalue weighted by Gasteiger charge is 2.28. The molecule has 3 N–H and O–H groups in total. The number of nitrogens with one attached hydrogen (secondary N) is 3. The Morgan fingerprint density at radius 3 is 2.29 bits per heavy atom. The predicted molar refractivity (Wildman–Crippen MR) is 244 cm³/mol. The van der Waals surface area contributed by atoms with Crippen LogP contribution < -0.4 is 25.3 Å². The number of anilines is 3. The van der Waals surface area contributed by atoms with Gasteiger partial charge in [0.25, 0.3) is 5.91 Å². The lowest BCUT2D eigenvalue weighted by Crippen LogP contribution is -2.49. The van der Waals surface area contributed by atoms with Crippen molar-refractivity contribution >= 4 is 46.1 Å². The first-order valence-corrected chi connectivity index (χ1v) is 22.0. The summed E-state index contributed by atoms with van der Waals surface area (Å²) in [4.78, 5) is 63.5. The van der Waals surface area contributed by atoms with Crippen molar-refractivity contribution in [2.45, 2.75) is 65.3 Å². The first-order chi connectivity index (χ1) is 30.4. The normalized spacial score (nSPS) is 17.3. The summed E-state index contributed by atoms with van der Waals surface area (Å²) in [5.41, 5.74) is 8.51. The van der Waals surface area contributed by atoms with Crippen LogP contribution in [0.3, 0.4) is 0 Å². The van der Waals surface area contributed by atoms with Crippen molar-refractivity contribution in [2.24, 2.45) is 5.92 Å². The molecule has 9 rings (SSSR count). The maximum atomic E-state index is 13.0. The second-order valence-electron chi connectivity index (χ2n) is 18.2. The highest BCUT2D eigenvalue weighted by molar-refractivity contribution is 6.05. The van der Waals surface area contributed by atoms with E-state index < -0.39 is 0 Å². The largest absolute Gasteiger partial charge is 0.372 e. The molecule has 1 unspecified atom stereocenters. The van der Waals surface area contributed by atoms with Crippen LogP contribution in [0.1, 0.15) is 80.4 Å². The molecule has 4 aromatic heterocycles. The summed E-state index contributed by atoms with van der Waals surface area (Å²) in [6.45, 7) is 17.5. The molecule has 6 aromatic rings. The van der Waals surface area contributed by atoms with Gasteiger partial charge in [-0.05, 0) is 92.3 Å². The monoisotopic (exact) mass is 849 g/mol. The van der Waals surface area contributed by atoms with E-state index in [1.54, 1.807) is 17.3 Å². The highest BCUT2D eigenvalue weighted by atomic mass is 16.5. The van der Waals surface area contributed by atoms with E-state index in [0.717, 1.165) is 115 Å². The SMILES string of the molecule is Cc1cc(-c2ncnc3[nH]c(-c4ccc(N5CCN(CC6CCN(c7ccc(N8CCC(=O)NC8=O)cc7)CC6)CC5)nc4)cc23)ccc1C(C)NC(=O)c1cc(C(C)(C)C)on1. The molecule has 3 aliphatic rings. The quantitative estimate of drug-likeness (QED) is 0.127. The fraction of sp³-hybridized carbons (Fsp3) is 0.396. The number of carbonyl (C=O) groups excluding carboxylic acids is 3. The van der Waals surface area contributed by atoms with Crippen LogP contribution in [0.4, 0.5) is 22.0 Å². The molecule has 3 fully saturated rings. The van der Waals surface area contributed by atoms with Gasteiger partial charge in [0.05, 0.1) is 11.7 Å². The smallest absolute Gasteiger partial charge is 0.328 e. The fourth-order valence-corrected chi connectivity index (χ4v) is 9.00. The van der Waals surface area contributed by atoms with E-state index in [2.05, 4.69) is 76.9 Å². The first kappa shape index (κ1) is 41.7. The van der Waals surface area contributed by atoms with Gasteiger partial charge in [0.1, 0.15) is 23.6 Å². The molecule has 0 aliphatic carbocycles. The van der Waals surface area contributed by atoms with Gasteiger partial charge < -0.3 is 24.6 Å². The number of fused-ring (bicyclic) bond motifs is 1. The van der Waals surface area contributed by atoms with Crippen molar-refractivity contribution in [3.05, 3.63) is 102 Å². The first-order valence-electron chi connectivity index (χ1n) is 22.0. The number of piperazine rings is 1. The number of benzene rings is 2. The summed E-state index contributed by atoms with van der Waals surface area (Å²) in [6.07, 6.45) is 6.15. The Labute approximate surface area is 367 Å². The molecule has 0 radical (unpaired) electrons. The third-order valence-corrected chi connectivity index (χ3v) is 12.7. The number of amides is 4. The molecule has 1 atom stereocenters. The fourth-order valence-electron chi connectivity index (χ4n) is 9.00. The number of nitrogens with zero attached hydrogens (tertiary/aromatic N) is 8. The lowest BCUT2D eigenvalue weighted by atomic mass is 9.93. The van der Waals surface area contributed by atoms with Crippen molar-refractivity contribution in [1.29, 1.82) is 0 Å². The maximum Gasteiger partial charge on any atom is 0.328 e. The second kappa shape index (κ2) is 17.3. The van der Waals surface area contributed by atoms with Crippen LogP contribution in [0.25, 0.3) is 33.5 Å². The van der Waals surface area contributed by atoms with E-state index in [9.17, 15) is 14.4 Å². The summed E-state index contributed by atoms with van der Waals surface area (Å²) >= 11 is 0. The topological polar surface area (TPSA) is 169 Å². The van der Waals surface area contributed by atoms with Gasteiger partial charge in [-0.15, -0.1) is 0 Å². The van der Waals surface area contributed by atoms with E-state index in [4.69, 9.17) is 14.5 Å². The molecule has 2 aromatic carbocycles. The number of imide groups is 1. The zero-order valence-electron chi connectivity index (χ0n) is 36.6. The predicted octanol–water partition coefficient (Wildman–Crippen LogP) is 7.26. The zero-order valence-corrected chi connectivity index (χ0v) is 36.6. The number of aromatic amines is 1. The number of carbonyl (C=O) groups is 3. The minimum Gasteiger partial charge on any atom is -0.372 e. The highest BCUT2D eigenvalue weighted by Crippen LogP contribution is 2.33. The molecule has 0 spiro atoms. The minimum atomic E-state index is -0.352. The third-order valence-electron chi connectivity index (χ3n) is 12.7. The van der Waals surface area contributed by atoms with E-state index in [-0.39, 0.29) is 35.0 Å². The number of aromatic nitrogens is 5. The zero-order chi connectivity index (χ0) is 43.8. The molecule has 63 heavy (non-hydrogen) atoms. The Morgan fingerprint density at radius 1 is 0.857 bits per heavy atom. The second-order valence-corrected chi connectivity index (χ2v) is 18.2. The van der Waals surface area contributed by atoms with Gasteiger partial charge in [0.2, 0.25) is 5.91 Å². The van der Waals surface area contributed by atoms with Crippen molar-refractivity contribution in [3.8, 4) is 22.5 Å². The Hall–Kier alpha value is -6.61. The number of hydrogen-bond donors (Lipinski definition) is 3. The van der Waals surface area contributed by atoms with Crippen LogP contribution in [0, 0.1) is 12.8 Å². The molecule has 4 amide bonds. The van der Waals surface area contributed by atoms with Gasteiger partial charge >= 0.3 is 6.03 Å². The van der Waals surface area contributed by atoms with Gasteiger partial charge in [0.15, 0.2) is 5.69 Å². The van der Waals surface area contributed by atoms with Gasteiger partial charge in [0, 0.05) is 110 Å². The van der Waals surface area contributed by atoms with Crippen LogP contribution in [0.2, 0.25) is 0 Å². The van der Waals surface area contributed by atoms with Gasteiger partial charge in [-0.1, -0.05) is 38.1 Å². The van der Waals surface area contributed by atoms with Gasteiger partial charge in [-0.2, -0.15) is 0 Å². The number of urea groups is 1. The molecule has 0 saturated carbocycles. The molecule has 326 valence electrons.